The zero-order valence-electron chi connectivity index (χ0n) is 10.0. The predicted molar refractivity (Wildman–Crippen MR) is 59.9 cm³/mol. The van der Waals surface area contributed by atoms with Gasteiger partial charge < -0.3 is 9.84 Å². The number of aryl methyl sites for hydroxylation is 1. The van der Waals surface area contributed by atoms with Crippen LogP contribution >= 0.6 is 0 Å². The molecule has 2 aromatic rings. The van der Waals surface area contributed by atoms with Gasteiger partial charge >= 0.3 is 0 Å². The molecule has 2 rings (SSSR count). The van der Waals surface area contributed by atoms with Crippen LogP contribution in [0.4, 0.5) is 0 Å². The largest absolute Gasteiger partial charge is 0.481 e. The Hall–Kier alpha value is -1.89. The molecular weight excluding hydrogens is 222 g/mol. The van der Waals surface area contributed by atoms with Crippen LogP contribution in [-0.2, 0) is 7.05 Å². The molecule has 1 N–H and O–H groups in total. The Bertz CT molecular complexity index is 505. The Morgan fingerprint density at radius 3 is 2.88 bits per heavy atom. The van der Waals surface area contributed by atoms with Gasteiger partial charge in [-0.1, -0.05) is 12.1 Å². The first kappa shape index (κ1) is 11.6. The van der Waals surface area contributed by atoms with E-state index in [9.17, 15) is 5.11 Å². The molecule has 0 saturated carbocycles. The Morgan fingerprint density at radius 2 is 2.29 bits per heavy atom. The molecule has 2 aromatic heterocycles. The van der Waals surface area contributed by atoms with Crippen LogP contribution in [-0.4, -0.2) is 37.0 Å². The van der Waals surface area contributed by atoms with Crippen molar-refractivity contribution in [2.24, 2.45) is 7.05 Å². The minimum Gasteiger partial charge on any atom is -0.481 e. The van der Waals surface area contributed by atoms with Gasteiger partial charge in [-0.15, -0.1) is 10.2 Å². The van der Waals surface area contributed by atoms with Crippen LogP contribution in [0.1, 0.15) is 25.1 Å². The number of aliphatic hydroxyl groups excluding tert-OH is 1. The number of hydrogen-bond acceptors (Lipinski definition) is 5. The maximum atomic E-state index is 9.63. The lowest BCUT2D eigenvalue weighted by Gasteiger charge is -1.99. The third kappa shape index (κ3) is 2.14. The van der Waals surface area contributed by atoms with E-state index >= 15 is 0 Å². The van der Waals surface area contributed by atoms with E-state index in [1.807, 2.05) is 6.92 Å². The van der Waals surface area contributed by atoms with Crippen LogP contribution in [0.5, 0.6) is 5.88 Å². The van der Waals surface area contributed by atoms with Crippen molar-refractivity contribution >= 4 is 0 Å². The summed E-state index contributed by atoms with van der Waals surface area (Å²) in [4.78, 5) is 0. The highest BCUT2D eigenvalue weighted by molar-refractivity contribution is 5.27. The van der Waals surface area contributed by atoms with Gasteiger partial charge in [0.05, 0.1) is 19.4 Å². The molecule has 0 saturated heterocycles. The zero-order valence-corrected chi connectivity index (χ0v) is 10.0. The van der Waals surface area contributed by atoms with Crippen LogP contribution in [0.2, 0.25) is 0 Å². The van der Waals surface area contributed by atoms with Gasteiger partial charge in [0.2, 0.25) is 5.88 Å². The Kier molecular flexibility index (Phi) is 3.10. The second kappa shape index (κ2) is 4.54. The molecule has 0 spiro atoms. The van der Waals surface area contributed by atoms with Crippen LogP contribution in [0.25, 0.3) is 5.82 Å². The predicted octanol–water partition coefficient (Wildman–Crippen LogP) is 0.453. The molecular formula is C10H15N5O2. The summed E-state index contributed by atoms with van der Waals surface area (Å²) in [6.07, 6.45) is 1.68. The molecule has 0 radical (unpaired) electrons. The topological polar surface area (TPSA) is 78.0 Å². The van der Waals surface area contributed by atoms with Crippen LogP contribution in [0, 0.1) is 0 Å². The van der Waals surface area contributed by atoms with E-state index < -0.39 is 6.10 Å². The summed E-state index contributed by atoms with van der Waals surface area (Å²) in [7, 11) is 3.36. The van der Waals surface area contributed by atoms with Crippen LogP contribution in [0.15, 0.2) is 12.3 Å². The smallest absolute Gasteiger partial charge is 0.213 e. The quantitative estimate of drug-likeness (QED) is 0.835. The Labute approximate surface area is 98.6 Å². The number of nitrogens with zero attached hydrogens (tertiary/aromatic N) is 5. The van der Waals surface area contributed by atoms with Gasteiger partial charge in [-0.3, -0.25) is 0 Å². The SMILES string of the molecule is CCC(O)c1cn(-c2cc(OC)n(C)n2)nn1. The second-order valence-electron chi connectivity index (χ2n) is 3.68. The first-order valence-electron chi connectivity index (χ1n) is 5.34. The molecule has 1 atom stereocenters. The van der Waals surface area contributed by atoms with Gasteiger partial charge in [0, 0.05) is 13.1 Å². The molecule has 0 fully saturated rings. The van der Waals surface area contributed by atoms with Crippen LogP contribution in [0.3, 0.4) is 0 Å². The van der Waals surface area contributed by atoms with E-state index in [2.05, 4.69) is 15.4 Å². The fourth-order valence-electron chi connectivity index (χ4n) is 1.49. The van der Waals surface area contributed by atoms with E-state index in [0.717, 1.165) is 0 Å². The summed E-state index contributed by atoms with van der Waals surface area (Å²) in [6.45, 7) is 1.88. The number of rotatable bonds is 4. The van der Waals surface area contributed by atoms with E-state index in [4.69, 9.17) is 4.74 Å². The summed E-state index contributed by atoms with van der Waals surface area (Å²) >= 11 is 0. The van der Waals surface area contributed by atoms with Crippen molar-refractivity contribution < 1.29 is 9.84 Å². The molecule has 7 heteroatoms. The third-order valence-corrected chi connectivity index (χ3v) is 2.51. The average molecular weight is 237 g/mol. The molecule has 0 aliphatic heterocycles. The summed E-state index contributed by atoms with van der Waals surface area (Å²) in [5.74, 6) is 1.24. The summed E-state index contributed by atoms with van der Waals surface area (Å²) in [5, 5.41) is 21.7. The summed E-state index contributed by atoms with van der Waals surface area (Å²) in [5.41, 5.74) is 0.539. The number of hydrogen-bond donors (Lipinski definition) is 1. The van der Waals surface area contributed by atoms with Crippen LogP contribution < -0.4 is 4.74 Å². The van der Waals surface area contributed by atoms with Gasteiger partial charge in [-0.25, -0.2) is 9.36 Å². The van der Waals surface area contributed by atoms with Crippen molar-refractivity contribution in [3.63, 3.8) is 0 Å². The first-order chi connectivity index (χ1) is 8.15. The maximum Gasteiger partial charge on any atom is 0.213 e. The molecule has 2 heterocycles. The second-order valence-corrected chi connectivity index (χ2v) is 3.68. The molecule has 0 aromatic carbocycles. The molecule has 17 heavy (non-hydrogen) atoms. The van der Waals surface area contributed by atoms with Gasteiger partial charge in [0.1, 0.15) is 5.69 Å². The van der Waals surface area contributed by atoms with Crippen molar-refractivity contribution in [2.75, 3.05) is 7.11 Å². The molecule has 0 aliphatic carbocycles. The zero-order chi connectivity index (χ0) is 12.4. The number of aromatic nitrogens is 5. The van der Waals surface area contributed by atoms with Gasteiger partial charge in [0.25, 0.3) is 0 Å². The number of aliphatic hydroxyl groups is 1. The van der Waals surface area contributed by atoms with E-state index in [1.165, 1.54) is 4.68 Å². The van der Waals surface area contributed by atoms with Crippen molar-refractivity contribution in [1.82, 2.24) is 24.8 Å². The molecule has 0 amide bonds. The van der Waals surface area contributed by atoms with Crippen molar-refractivity contribution in [1.29, 1.82) is 0 Å². The normalized spacial score (nSPS) is 12.7. The van der Waals surface area contributed by atoms with E-state index in [1.54, 1.807) is 31.1 Å². The monoisotopic (exact) mass is 237 g/mol. The fraction of sp³-hybridized carbons (Fsp3) is 0.500. The minimum atomic E-state index is -0.589. The standard InChI is InChI=1S/C10H15N5O2/c1-4-8(16)7-6-15(13-11-7)9-5-10(17-3)14(2)12-9/h5-6,8,16H,4H2,1-3H3. The highest BCUT2D eigenvalue weighted by atomic mass is 16.5. The minimum absolute atomic E-state index is 0.539. The van der Waals surface area contributed by atoms with E-state index in [-0.39, 0.29) is 0 Å². The van der Waals surface area contributed by atoms with Crippen molar-refractivity contribution in [3.05, 3.63) is 18.0 Å². The van der Waals surface area contributed by atoms with Crippen molar-refractivity contribution in [3.8, 4) is 11.7 Å². The maximum absolute atomic E-state index is 9.63. The lowest BCUT2D eigenvalue weighted by atomic mass is 10.2. The molecule has 92 valence electrons. The molecule has 0 bridgehead atoms. The number of ether oxygens (including phenoxy) is 1. The molecule has 7 nitrogen and oxygen atoms in total. The summed E-state index contributed by atoms with van der Waals surface area (Å²) < 4.78 is 8.23. The third-order valence-electron chi connectivity index (χ3n) is 2.51. The van der Waals surface area contributed by atoms with Crippen molar-refractivity contribution in [2.45, 2.75) is 19.4 Å². The van der Waals surface area contributed by atoms with Gasteiger partial charge in [-0.2, -0.15) is 0 Å². The Morgan fingerprint density at radius 1 is 1.53 bits per heavy atom. The van der Waals surface area contributed by atoms with Gasteiger partial charge in [-0.05, 0) is 6.42 Å². The number of methoxy groups -OCH3 is 1. The highest BCUT2D eigenvalue weighted by Gasteiger charge is 2.13. The molecule has 0 aliphatic rings. The Balaban J connectivity index is 2.30. The molecule has 1 unspecified atom stereocenters. The average Bonchev–Trinajstić information content (AvgIpc) is 2.94. The summed E-state index contributed by atoms with van der Waals surface area (Å²) in [6, 6.07) is 1.75. The fourth-order valence-corrected chi connectivity index (χ4v) is 1.49. The lowest BCUT2D eigenvalue weighted by Crippen LogP contribution is -1.98. The lowest BCUT2D eigenvalue weighted by molar-refractivity contribution is 0.169. The highest BCUT2D eigenvalue weighted by Crippen LogP contribution is 2.17. The van der Waals surface area contributed by atoms with Gasteiger partial charge in [0.15, 0.2) is 5.82 Å². The first-order valence-corrected chi connectivity index (χ1v) is 5.34. The van der Waals surface area contributed by atoms with E-state index in [0.29, 0.717) is 23.8 Å².